The molecule has 0 aliphatic carbocycles. The largest absolute Gasteiger partial charge is 0.280 e. The maximum atomic E-state index is 13.3. The van der Waals surface area contributed by atoms with Gasteiger partial charge in [-0.05, 0) is 54.4 Å². The third-order valence-corrected chi connectivity index (χ3v) is 5.11. The highest BCUT2D eigenvalue weighted by Gasteiger charge is 2.21. The zero-order valence-corrected chi connectivity index (χ0v) is 15.9. The number of amides is 1. The molecule has 0 unspecified atom stereocenters. The summed E-state index contributed by atoms with van der Waals surface area (Å²) in [7, 11) is 0. The molecule has 138 valence electrons. The highest BCUT2D eigenvalue weighted by molar-refractivity contribution is 7.22. The highest BCUT2D eigenvalue weighted by Crippen LogP contribution is 2.30. The minimum atomic E-state index is -0.397. The van der Waals surface area contributed by atoms with Crippen molar-refractivity contribution in [2.24, 2.45) is 5.10 Å². The lowest BCUT2D eigenvalue weighted by atomic mass is 10.2. The monoisotopic (exact) mass is 389 g/mol. The number of carbonyl (C=O) groups is 1. The van der Waals surface area contributed by atoms with E-state index in [9.17, 15) is 9.18 Å². The molecule has 1 heterocycles. The predicted octanol–water partition coefficient (Wildman–Crippen LogP) is 5.42. The van der Waals surface area contributed by atoms with Gasteiger partial charge in [-0.1, -0.05) is 47.7 Å². The van der Waals surface area contributed by atoms with Gasteiger partial charge in [0.1, 0.15) is 5.82 Å². The molecular formula is C22H16FN3OS. The van der Waals surface area contributed by atoms with Crippen molar-refractivity contribution in [1.82, 2.24) is 4.98 Å². The smallest absolute Gasteiger partial charge is 0.267 e. The van der Waals surface area contributed by atoms with E-state index < -0.39 is 5.82 Å². The second-order valence-corrected chi connectivity index (χ2v) is 7.26. The van der Waals surface area contributed by atoms with Crippen molar-refractivity contribution in [1.29, 1.82) is 0 Å². The molecule has 0 saturated heterocycles. The summed E-state index contributed by atoms with van der Waals surface area (Å²) in [5, 5.41) is 6.12. The Morgan fingerprint density at radius 2 is 1.82 bits per heavy atom. The van der Waals surface area contributed by atoms with Gasteiger partial charge in [0, 0.05) is 5.56 Å². The van der Waals surface area contributed by atoms with E-state index in [0.29, 0.717) is 10.7 Å². The molecule has 6 heteroatoms. The van der Waals surface area contributed by atoms with Gasteiger partial charge in [0.2, 0.25) is 5.13 Å². The predicted molar refractivity (Wildman–Crippen MR) is 112 cm³/mol. The van der Waals surface area contributed by atoms with Crippen molar-refractivity contribution in [2.45, 2.75) is 6.92 Å². The first-order chi connectivity index (χ1) is 13.6. The summed E-state index contributed by atoms with van der Waals surface area (Å²) < 4.78 is 14.2. The van der Waals surface area contributed by atoms with Gasteiger partial charge in [-0.2, -0.15) is 10.1 Å². The molecule has 0 aliphatic heterocycles. The number of aryl methyl sites for hydroxylation is 1. The lowest BCUT2D eigenvalue weighted by Gasteiger charge is -2.13. The lowest BCUT2D eigenvalue weighted by molar-refractivity contribution is 0.0988. The van der Waals surface area contributed by atoms with E-state index in [-0.39, 0.29) is 5.91 Å². The number of hydrogen-bond acceptors (Lipinski definition) is 4. The van der Waals surface area contributed by atoms with Crippen LogP contribution < -0.4 is 5.01 Å². The van der Waals surface area contributed by atoms with E-state index in [2.05, 4.69) is 10.1 Å². The Kier molecular flexibility index (Phi) is 4.95. The fourth-order valence-corrected chi connectivity index (χ4v) is 3.70. The number of carbonyl (C=O) groups excluding carboxylic acids is 1. The SMILES string of the molecule is Cc1ccc2nc(N(/N=C/c3ccccc3)C(=O)c3ccc(F)cc3)sc2c1. The van der Waals surface area contributed by atoms with E-state index in [4.69, 9.17) is 0 Å². The topological polar surface area (TPSA) is 45.6 Å². The number of aromatic nitrogens is 1. The molecule has 0 saturated carbocycles. The van der Waals surface area contributed by atoms with Crippen LogP contribution in [0.3, 0.4) is 0 Å². The third-order valence-electron chi connectivity index (χ3n) is 4.12. The Hall–Kier alpha value is -3.38. The van der Waals surface area contributed by atoms with Crippen molar-refractivity contribution in [3.05, 3.63) is 95.3 Å². The summed E-state index contributed by atoms with van der Waals surface area (Å²) in [5.41, 5.74) is 3.11. The fraction of sp³-hybridized carbons (Fsp3) is 0.0455. The van der Waals surface area contributed by atoms with Gasteiger partial charge >= 0.3 is 0 Å². The third kappa shape index (κ3) is 3.82. The van der Waals surface area contributed by atoms with Crippen LogP contribution in [0.15, 0.2) is 77.9 Å². The van der Waals surface area contributed by atoms with Crippen LogP contribution in [0.5, 0.6) is 0 Å². The van der Waals surface area contributed by atoms with Gasteiger partial charge in [0.15, 0.2) is 0 Å². The minimum Gasteiger partial charge on any atom is -0.267 e. The van der Waals surface area contributed by atoms with Gasteiger partial charge in [0.25, 0.3) is 5.91 Å². The number of rotatable bonds is 4. The van der Waals surface area contributed by atoms with Crippen LogP contribution in [0, 0.1) is 12.7 Å². The second-order valence-electron chi connectivity index (χ2n) is 6.25. The Bertz CT molecular complexity index is 1150. The molecular weight excluding hydrogens is 373 g/mol. The van der Waals surface area contributed by atoms with Gasteiger partial charge in [-0.25, -0.2) is 9.37 Å². The molecule has 0 radical (unpaired) electrons. The number of nitrogens with zero attached hydrogens (tertiary/aromatic N) is 3. The summed E-state index contributed by atoms with van der Waals surface area (Å²) >= 11 is 1.39. The maximum absolute atomic E-state index is 13.3. The number of anilines is 1. The van der Waals surface area contributed by atoms with Gasteiger partial charge in [-0.15, -0.1) is 0 Å². The number of hydrogen-bond donors (Lipinski definition) is 0. The van der Waals surface area contributed by atoms with E-state index >= 15 is 0 Å². The molecule has 0 aliphatic rings. The van der Waals surface area contributed by atoms with Crippen LogP contribution in [0.4, 0.5) is 9.52 Å². The standard InChI is InChI=1S/C22H16FN3OS/c1-15-7-12-19-20(13-15)28-22(25-19)26(24-14-16-5-3-2-4-6-16)21(27)17-8-10-18(23)11-9-17/h2-14H,1H3/b24-14+. The molecule has 0 spiro atoms. The van der Waals surface area contributed by atoms with Crippen LogP contribution in [0.1, 0.15) is 21.5 Å². The molecule has 4 rings (SSSR count). The minimum absolute atomic E-state index is 0.335. The Morgan fingerprint density at radius 1 is 1.07 bits per heavy atom. The summed E-state index contributed by atoms with van der Waals surface area (Å²) in [6.07, 6.45) is 1.61. The van der Waals surface area contributed by atoms with Crippen LogP contribution >= 0.6 is 11.3 Å². The number of benzene rings is 3. The second kappa shape index (κ2) is 7.70. The Balaban J connectivity index is 1.76. The van der Waals surface area contributed by atoms with Crippen molar-refractivity contribution >= 4 is 38.8 Å². The molecule has 0 fully saturated rings. The number of thiazole rings is 1. The molecule has 0 atom stereocenters. The van der Waals surface area contributed by atoms with E-state index in [0.717, 1.165) is 21.3 Å². The van der Waals surface area contributed by atoms with Crippen molar-refractivity contribution in [3.8, 4) is 0 Å². The molecule has 0 bridgehead atoms. The first-order valence-corrected chi connectivity index (χ1v) is 9.48. The average Bonchev–Trinajstić information content (AvgIpc) is 3.12. The maximum Gasteiger partial charge on any atom is 0.280 e. The number of halogens is 1. The van der Waals surface area contributed by atoms with Crippen LogP contribution in [-0.2, 0) is 0 Å². The van der Waals surface area contributed by atoms with Gasteiger partial charge < -0.3 is 0 Å². The van der Waals surface area contributed by atoms with E-state index in [1.807, 2.05) is 55.5 Å². The summed E-state index contributed by atoms with van der Waals surface area (Å²) in [5.74, 6) is -0.769. The van der Waals surface area contributed by atoms with Crippen molar-refractivity contribution in [3.63, 3.8) is 0 Å². The number of hydrazone groups is 1. The summed E-state index contributed by atoms with van der Waals surface area (Å²) in [6.45, 7) is 2.01. The zero-order valence-electron chi connectivity index (χ0n) is 15.0. The van der Waals surface area contributed by atoms with Gasteiger partial charge in [0.05, 0.1) is 16.4 Å². The molecule has 4 nitrogen and oxygen atoms in total. The van der Waals surface area contributed by atoms with Crippen molar-refractivity contribution < 1.29 is 9.18 Å². The zero-order chi connectivity index (χ0) is 19.5. The first kappa shape index (κ1) is 18.0. The number of fused-ring (bicyclic) bond motifs is 1. The molecule has 4 aromatic rings. The Labute approximate surface area is 165 Å². The fourth-order valence-electron chi connectivity index (χ4n) is 2.68. The molecule has 0 N–H and O–H groups in total. The Morgan fingerprint density at radius 3 is 2.57 bits per heavy atom. The van der Waals surface area contributed by atoms with Crippen LogP contribution in [0.25, 0.3) is 10.2 Å². The molecule has 1 aromatic heterocycles. The highest BCUT2D eigenvalue weighted by atomic mass is 32.1. The summed E-state index contributed by atoms with van der Waals surface area (Å²) in [6, 6.07) is 20.8. The van der Waals surface area contributed by atoms with E-state index in [1.54, 1.807) is 6.21 Å². The normalized spacial score (nSPS) is 11.2. The summed E-state index contributed by atoms with van der Waals surface area (Å²) in [4.78, 5) is 17.6. The van der Waals surface area contributed by atoms with E-state index in [1.165, 1.54) is 40.6 Å². The van der Waals surface area contributed by atoms with Crippen molar-refractivity contribution in [2.75, 3.05) is 5.01 Å². The quantitative estimate of drug-likeness (QED) is 0.345. The molecule has 3 aromatic carbocycles. The molecule has 28 heavy (non-hydrogen) atoms. The van der Waals surface area contributed by atoms with Crippen LogP contribution in [0.2, 0.25) is 0 Å². The lowest BCUT2D eigenvalue weighted by Crippen LogP contribution is -2.25. The molecule has 1 amide bonds. The van der Waals surface area contributed by atoms with Gasteiger partial charge in [-0.3, -0.25) is 4.79 Å². The first-order valence-electron chi connectivity index (χ1n) is 8.66. The van der Waals surface area contributed by atoms with Crippen LogP contribution in [-0.4, -0.2) is 17.1 Å². The average molecular weight is 389 g/mol.